The number of urea groups is 1. The average Bonchev–Trinajstić information content (AvgIpc) is 2.92. The molecule has 0 fully saturated rings. The predicted molar refractivity (Wildman–Crippen MR) is 84.7 cm³/mol. The zero-order valence-corrected chi connectivity index (χ0v) is 12.7. The topological polar surface area (TPSA) is 74.2 Å². The molecule has 3 N–H and O–H groups in total. The maximum Gasteiger partial charge on any atom is 0.321 e. The van der Waals surface area contributed by atoms with Crippen LogP contribution in [0.25, 0.3) is 0 Å². The van der Waals surface area contributed by atoms with E-state index in [1.165, 1.54) is 16.9 Å². The SMILES string of the molecule is CC[C@H](CO)NC(=O)Nc1nc(Cc2ccccc2)cs1. The largest absolute Gasteiger partial charge is 0.394 e. The molecule has 5 nitrogen and oxygen atoms in total. The minimum atomic E-state index is -0.337. The summed E-state index contributed by atoms with van der Waals surface area (Å²) in [6.45, 7) is 1.84. The van der Waals surface area contributed by atoms with Crippen LogP contribution in [0.4, 0.5) is 9.93 Å². The Balaban J connectivity index is 1.89. The molecule has 2 rings (SSSR count). The molecule has 2 aromatic rings. The summed E-state index contributed by atoms with van der Waals surface area (Å²) in [4.78, 5) is 16.1. The fourth-order valence-corrected chi connectivity index (χ4v) is 2.55. The minimum absolute atomic E-state index is 0.0684. The average molecular weight is 305 g/mol. The monoisotopic (exact) mass is 305 g/mol. The number of carbonyl (C=O) groups is 1. The van der Waals surface area contributed by atoms with Crippen molar-refractivity contribution in [3.8, 4) is 0 Å². The number of amides is 2. The van der Waals surface area contributed by atoms with Crippen LogP contribution < -0.4 is 10.6 Å². The number of nitrogens with one attached hydrogen (secondary N) is 2. The van der Waals surface area contributed by atoms with E-state index in [4.69, 9.17) is 5.11 Å². The van der Waals surface area contributed by atoms with Gasteiger partial charge in [0.1, 0.15) is 0 Å². The van der Waals surface area contributed by atoms with Crippen molar-refractivity contribution in [2.45, 2.75) is 25.8 Å². The molecule has 1 aromatic heterocycles. The third-order valence-corrected chi connectivity index (χ3v) is 3.86. The van der Waals surface area contributed by atoms with Crippen LogP contribution in [0.3, 0.4) is 0 Å². The first-order chi connectivity index (χ1) is 10.2. The number of anilines is 1. The molecule has 2 amide bonds. The Bertz CT molecular complexity index is 567. The highest BCUT2D eigenvalue weighted by atomic mass is 32.1. The maximum absolute atomic E-state index is 11.7. The number of rotatable bonds is 6. The molecule has 112 valence electrons. The molecule has 6 heteroatoms. The molecule has 0 spiro atoms. The first-order valence-electron chi connectivity index (χ1n) is 6.88. The van der Waals surface area contributed by atoms with Crippen LogP contribution in [0, 0.1) is 0 Å². The van der Waals surface area contributed by atoms with Crippen molar-refractivity contribution in [1.29, 1.82) is 0 Å². The van der Waals surface area contributed by atoms with E-state index in [9.17, 15) is 4.79 Å². The van der Waals surface area contributed by atoms with Crippen molar-refractivity contribution in [3.63, 3.8) is 0 Å². The number of benzene rings is 1. The highest BCUT2D eigenvalue weighted by Gasteiger charge is 2.11. The lowest BCUT2D eigenvalue weighted by Crippen LogP contribution is -2.39. The molecule has 1 atom stereocenters. The molecule has 1 heterocycles. The summed E-state index contributed by atoms with van der Waals surface area (Å²) in [6, 6.07) is 9.50. The summed E-state index contributed by atoms with van der Waals surface area (Å²) in [5.41, 5.74) is 2.11. The van der Waals surface area contributed by atoms with Gasteiger partial charge >= 0.3 is 6.03 Å². The van der Waals surface area contributed by atoms with Gasteiger partial charge in [-0.3, -0.25) is 5.32 Å². The van der Waals surface area contributed by atoms with E-state index < -0.39 is 0 Å². The minimum Gasteiger partial charge on any atom is -0.394 e. The Morgan fingerprint density at radius 3 is 2.81 bits per heavy atom. The molecular weight excluding hydrogens is 286 g/mol. The van der Waals surface area contributed by atoms with Gasteiger partial charge < -0.3 is 10.4 Å². The van der Waals surface area contributed by atoms with Crippen molar-refractivity contribution >= 4 is 22.5 Å². The van der Waals surface area contributed by atoms with Gasteiger partial charge in [0.05, 0.1) is 18.3 Å². The maximum atomic E-state index is 11.7. The van der Waals surface area contributed by atoms with E-state index in [2.05, 4.69) is 15.6 Å². The quantitative estimate of drug-likeness (QED) is 0.768. The summed E-state index contributed by atoms with van der Waals surface area (Å²) in [5.74, 6) is 0. The Kier molecular flexibility index (Phi) is 5.71. The van der Waals surface area contributed by atoms with Gasteiger partial charge in [-0.05, 0) is 12.0 Å². The van der Waals surface area contributed by atoms with E-state index in [0.29, 0.717) is 11.6 Å². The second kappa shape index (κ2) is 7.75. The Morgan fingerprint density at radius 2 is 2.14 bits per heavy atom. The Hall–Kier alpha value is -1.92. The summed E-state index contributed by atoms with van der Waals surface area (Å²) in [7, 11) is 0. The molecule has 0 saturated carbocycles. The number of nitrogens with zero attached hydrogens (tertiary/aromatic N) is 1. The lowest BCUT2D eigenvalue weighted by molar-refractivity contribution is 0.222. The normalized spacial score (nSPS) is 11.9. The highest BCUT2D eigenvalue weighted by Crippen LogP contribution is 2.18. The Morgan fingerprint density at radius 1 is 1.38 bits per heavy atom. The molecule has 0 aliphatic carbocycles. The van der Waals surface area contributed by atoms with E-state index in [1.807, 2.05) is 42.6 Å². The number of aliphatic hydroxyl groups excluding tert-OH is 1. The van der Waals surface area contributed by atoms with E-state index in [-0.39, 0.29) is 18.7 Å². The van der Waals surface area contributed by atoms with Crippen LogP contribution in [0.2, 0.25) is 0 Å². The molecule has 21 heavy (non-hydrogen) atoms. The van der Waals surface area contributed by atoms with Crippen LogP contribution in [0.15, 0.2) is 35.7 Å². The van der Waals surface area contributed by atoms with Crippen LogP contribution in [-0.4, -0.2) is 28.8 Å². The number of hydrogen-bond acceptors (Lipinski definition) is 4. The molecule has 0 bridgehead atoms. The number of aliphatic hydroxyl groups is 1. The second-order valence-corrected chi connectivity index (χ2v) is 5.55. The van der Waals surface area contributed by atoms with Crippen LogP contribution in [0.5, 0.6) is 0 Å². The first-order valence-corrected chi connectivity index (χ1v) is 7.76. The summed E-state index contributed by atoms with van der Waals surface area (Å²) in [6.07, 6.45) is 1.43. The van der Waals surface area contributed by atoms with Crippen molar-refractivity contribution in [3.05, 3.63) is 47.0 Å². The summed E-state index contributed by atoms with van der Waals surface area (Å²) >= 11 is 1.39. The smallest absolute Gasteiger partial charge is 0.321 e. The number of hydrogen-bond donors (Lipinski definition) is 3. The molecule has 0 aliphatic rings. The molecule has 0 aliphatic heterocycles. The molecule has 1 aromatic carbocycles. The zero-order valence-electron chi connectivity index (χ0n) is 11.9. The third kappa shape index (κ3) is 4.84. The van der Waals surface area contributed by atoms with Gasteiger partial charge in [0.15, 0.2) is 5.13 Å². The molecular formula is C15H19N3O2S. The fraction of sp³-hybridized carbons (Fsp3) is 0.333. The lowest BCUT2D eigenvalue weighted by Gasteiger charge is -2.13. The first kappa shape index (κ1) is 15.5. The zero-order chi connectivity index (χ0) is 15.1. The van der Waals surface area contributed by atoms with Gasteiger partial charge in [-0.25, -0.2) is 9.78 Å². The van der Waals surface area contributed by atoms with Crippen molar-refractivity contribution in [1.82, 2.24) is 10.3 Å². The van der Waals surface area contributed by atoms with Crippen LogP contribution >= 0.6 is 11.3 Å². The Labute approximate surface area is 128 Å². The van der Waals surface area contributed by atoms with Crippen LogP contribution in [0.1, 0.15) is 24.6 Å². The molecule has 0 unspecified atom stereocenters. The fourth-order valence-electron chi connectivity index (χ4n) is 1.85. The number of carbonyl (C=O) groups excluding carboxylic acids is 1. The third-order valence-electron chi connectivity index (χ3n) is 3.05. The van der Waals surface area contributed by atoms with Crippen molar-refractivity contribution in [2.24, 2.45) is 0 Å². The van der Waals surface area contributed by atoms with Gasteiger partial charge in [0.2, 0.25) is 0 Å². The van der Waals surface area contributed by atoms with E-state index in [0.717, 1.165) is 12.1 Å². The van der Waals surface area contributed by atoms with Gasteiger partial charge in [-0.15, -0.1) is 11.3 Å². The molecule has 0 saturated heterocycles. The number of thiazole rings is 1. The van der Waals surface area contributed by atoms with Crippen molar-refractivity contribution in [2.75, 3.05) is 11.9 Å². The lowest BCUT2D eigenvalue weighted by atomic mass is 10.1. The number of aromatic nitrogens is 1. The standard InChI is InChI=1S/C15H19N3O2S/c1-2-12(9-19)16-14(20)18-15-17-13(10-21-15)8-11-6-4-3-5-7-11/h3-7,10,12,19H,2,8-9H2,1H3,(H2,16,17,18,20)/t12-/m1/s1. The summed E-state index contributed by atoms with van der Waals surface area (Å²) < 4.78 is 0. The van der Waals surface area contributed by atoms with Crippen molar-refractivity contribution < 1.29 is 9.90 Å². The van der Waals surface area contributed by atoms with E-state index >= 15 is 0 Å². The van der Waals surface area contributed by atoms with E-state index in [1.54, 1.807) is 0 Å². The molecule has 0 radical (unpaired) electrons. The highest BCUT2D eigenvalue weighted by molar-refractivity contribution is 7.13. The van der Waals surface area contributed by atoms with Gasteiger partial charge in [-0.1, -0.05) is 37.3 Å². The van der Waals surface area contributed by atoms with Gasteiger partial charge in [0.25, 0.3) is 0 Å². The predicted octanol–water partition coefficient (Wildman–Crippen LogP) is 2.63. The van der Waals surface area contributed by atoms with Crippen LogP contribution in [-0.2, 0) is 6.42 Å². The van der Waals surface area contributed by atoms with Gasteiger partial charge in [0, 0.05) is 11.8 Å². The second-order valence-electron chi connectivity index (χ2n) is 4.69. The summed E-state index contributed by atoms with van der Waals surface area (Å²) in [5, 5.41) is 16.9. The van der Waals surface area contributed by atoms with Gasteiger partial charge in [-0.2, -0.15) is 0 Å².